The zero-order valence-corrected chi connectivity index (χ0v) is 13.2. The number of nitrogens with zero attached hydrogens (tertiary/aromatic N) is 3. The molecule has 0 saturated heterocycles. The van der Waals surface area contributed by atoms with Gasteiger partial charge in [0.2, 0.25) is 0 Å². The maximum Gasteiger partial charge on any atom is 0.412 e. The summed E-state index contributed by atoms with van der Waals surface area (Å²) in [6.45, 7) is 1.68. The van der Waals surface area contributed by atoms with Gasteiger partial charge in [0.05, 0.1) is 12.2 Å². The molecule has 2 heterocycles. The van der Waals surface area contributed by atoms with Crippen LogP contribution in [-0.4, -0.2) is 20.7 Å². The number of amides is 1. The van der Waals surface area contributed by atoms with Gasteiger partial charge in [-0.05, 0) is 42.7 Å². The van der Waals surface area contributed by atoms with Crippen LogP contribution < -0.4 is 4.90 Å². The minimum absolute atomic E-state index is 0.0758. The number of carbonyl (C=O) groups is 1. The third-order valence-electron chi connectivity index (χ3n) is 3.20. The highest BCUT2D eigenvalue weighted by molar-refractivity contribution is 7.10. The predicted molar refractivity (Wildman–Crippen MR) is 82.9 cm³/mol. The second kappa shape index (κ2) is 6.36. The first-order valence-corrected chi connectivity index (χ1v) is 7.56. The molecule has 1 amide bonds. The molecule has 0 bridgehead atoms. The standard InChI is InChI=1S/C15H11F2N3O3S/c1-8-4-14(24-19-8)20(15(21)22)7-10-6-13(18-23-10)9-2-3-11(16)12(17)5-9/h2-6H,7H2,1H3,(H,21,22). The largest absolute Gasteiger partial charge is 0.465 e. The van der Waals surface area contributed by atoms with Gasteiger partial charge in [-0.2, -0.15) is 4.37 Å². The molecule has 24 heavy (non-hydrogen) atoms. The molecule has 0 radical (unpaired) electrons. The normalized spacial score (nSPS) is 10.8. The van der Waals surface area contributed by atoms with Gasteiger partial charge in [-0.1, -0.05) is 5.16 Å². The summed E-state index contributed by atoms with van der Waals surface area (Å²) in [6.07, 6.45) is -1.16. The summed E-state index contributed by atoms with van der Waals surface area (Å²) in [5.41, 5.74) is 1.33. The fourth-order valence-corrected chi connectivity index (χ4v) is 2.81. The summed E-state index contributed by atoms with van der Waals surface area (Å²) in [7, 11) is 0. The van der Waals surface area contributed by atoms with Crippen molar-refractivity contribution in [3.63, 3.8) is 0 Å². The molecule has 3 aromatic rings. The highest BCUT2D eigenvalue weighted by atomic mass is 32.1. The third-order valence-corrected chi connectivity index (χ3v) is 4.11. The molecule has 1 aromatic carbocycles. The molecule has 1 N–H and O–H groups in total. The van der Waals surface area contributed by atoms with E-state index in [1.807, 2.05) is 0 Å². The lowest BCUT2D eigenvalue weighted by Gasteiger charge is -2.14. The Bertz CT molecular complexity index is 894. The van der Waals surface area contributed by atoms with Crippen LogP contribution in [0.15, 0.2) is 34.9 Å². The van der Waals surface area contributed by atoms with E-state index in [4.69, 9.17) is 4.52 Å². The fourth-order valence-electron chi connectivity index (χ4n) is 2.05. The van der Waals surface area contributed by atoms with E-state index in [0.29, 0.717) is 16.3 Å². The lowest BCUT2D eigenvalue weighted by atomic mass is 10.1. The van der Waals surface area contributed by atoms with E-state index in [2.05, 4.69) is 9.53 Å². The summed E-state index contributed by atoms with van der Waals surface area (Å²) < 4.78 is 35.4. The molecule has 3 rings (SSSR count). The second-order valence-corrected chi connectivity index (χ2v) is 5.77. The molecule has 124 valence electrons. The molecule has 6 nitrogen and oxygen atoms in total. The van der Waals surface area contributed by atoms with Crippen LogP contribution in [-0.2, 0) is 6.54 Å². The third kappa shape index (κ3) is 3.25. The van der Waals surface area contributed by atoms with Gasteiger partial charge in [0.25, 0.3) is 0 Å². The zero-order chi connectivity index (χ0) is 17.3. The Hall–Kier alpha value is -2.81. The van der Waals surface area contributed by atoms with Crippen molar-refractivity contribution >= 4 is 22.6 Å². The number of benzene rings is 1. The average Bonchev–Trinajstić information content (AvgIpc) is 3.16. The van der Waals surface area contributed by atoms with Gasteiger partial charge in [-0.15, -0.1) is 0 Å². The number of hydrogen-bond acceptors (Lipinski definition) is 5. The smallest absolute Gasteiger partial charge is 0.412 e. The van der Waals surface area contributed by atoms with Gasteiger partial charge in [0.1, 0.15) is 10.7 Å². The molecular formula is C15H11F2N3O3S. The van der Waals surface area contributed by atoms with Crippen LogP contribution in [0.25, 0.3) is 11.3 Å². The Kier molecular flexibility index (Phi) is 4.26. The number of aryl methyl sites for hydroxylation is 1. The lowest BCUT2D eigenvalue weighted by Crippen LogP contribution is -2.27. The molecule has 0 fully saturated rings. The zero-order valence-electron chi connectivity index (χ0n) is 12.4. The summed E-state index contributed by atoms with van der Waals surface area (Å²) in [4.78, 5) is 12.5. The molecule has 0 aliphatic carbocycles. The molecule has 9 heteroatoms. The minimum Gasteiger partial charge on any atom is -0.465 e. The number of aromatic nitrogens is 2. The van der Waals surface area contributed by atoms with Crippen LogP contribution in [0.3, 0.4) is 0 Å². The van der Waals surface area contributed by atoms with Crippen molar-refractivity contribution in [2.45, 2.75) is 13.5 Å². The first kappa shape index (κ1) is 16.1. The molecule has 0 aliphatic heterocycles. The molecule has 2 aromatic heterocycles. The van der Waals surface area contributed by atoms with Crippen molar-refractivity contribution in [2.75, 3.05) is 4.90 Å². The van der Waals surface area contributed by atoms with E-state index < -0.39 is 17.7 Å². The highest BCUT2D eigenvalue weighted by Crippen LogP contribution is 2.26. The summed E-state index contributed by atoms with van der Waals surface area (Å²) in [6, 6.07) is 6.48. The number of rotatable bonds is 4. The Morgan fingerprint density at radius 3 is 2.71 bits per heavy atom. The van der Waals surface area contributed by atoms with Crippen LogP contribution >= 0.6 is 11.5 Å². The van der Waals surface area contributed by atoms with Gasteiger partial charge in [0, 0.05) is 11.6 Å². The number of anilines is 1. The molecule has 0 saturated carbocycles. The molecule has 0 aliphatic rings. The SMILES string of the molecule is Cc1cc(N(Cc2cc(-c3ccc(F)c(F)c3)no2)C(=O)O)sn1. The minimum atomic E-state index is -1.16. The maximum atomic E-state index is 13.3. The highest BCUT2D eigenvalue weighted by Gasteiger charge is 2.20. The quantitative estimate of drug-likeness (QED) is 0.766. The van der Waals surface area contributed by atoms with Gasteiger partial charge >= 0.3 is 6.09 Å². The first-order chi connectivity index (χ1) is 11.4. The predicted octanol–water partition coefficient (Wildman–Crippen LogP) is 4.07. The molecular weight excluding hydrogens is 340 g/mol. The number of carboxylic acid groups (broad SMARTS) is 1. The second-order valence-electron chi connectivity index (χ2n) is 4.98. The van der Waals surface area contributed by atoms with Gasteiger partial charge < -0.3 is 9.63 Å². The van der Waals surface area contributed by atoms with Crippen LogP contribution in [0.1, 0.15) is 11.5 Å². The fraction of sp³-hybridized carbons (Fsp3) is 0.133. The van der Waals surface area contributed by atoms with Crippen molar-refractivity contribution < 1.29 is 23.2 Å². The molecule has 0 unspecified atom stereocenters. The Morgan fingerprint density at radius 1 is 1.29 bits per heavy atom. The molecule has 0 atom stereocenters. The van der Waals surface area contributed by atoms with Gasteiger partial charge in [0.15, 0.2) is 17.4 Å². The van der Waals surface area contributed by atoms with Crippen molar-refractivity contribution in [1.82, 2.24) is 9.53 Å². The van der Waals surface area contributed by atoms with E-state index >= 15 is 0 Å². The van der Waals surface area contributed by atoms with Crippen molar-refractivity contribution in [3.8, 4) is 11.3 Å². The first-order valence-electron chi connectivity index (χ1n) is 6.79. The summed E-state index contributed by atoms with van der Waals surface area (Å²) in [5.74, 6) is -1.69. The number of hydrogen-bond donors (Lipinski definition) is 1. The van der Waals surface area contributed by atoms with Crippen LogP contribution in [0.4, 0.5) is 18.6 Å². The van der Waals surface area contributed by atoms with Crippen molar-refractivity contribution in [2.24, 2.45) is 0 Å². The Balaban J connectivity index is 1.84. The van der Waals surface area contributed by atoms with Crippen LogP contribution in [0.2, 0.25) is 0 Å². The van der Waals surface area contributed by atoms with Gasteiger partial charge in [-0.3, -0.25) is 4.90 Å². The van der Waals surface area contributed by atoms with Crippen LogP contribution in [0, 0.1) is 18.6 Å². The van der Waals surface area contributed by atoms with Gasteiger partial charge in [-0.25, -0.2) is 13.6 Å². The summed E-state index contributed by atoms with van der Waals surface area (Å²) >= 11 is 1.05. The van der Waals surface area contributed by atoms with E-state index in [0.717, 1.165) is 28.6 Å². The Morgan fingerprint density at radius 2 is 2.08 bits per heavy atom. The topological polar surface area (TPSA) is 79.5 Å². The maximum absolute atomic E-state index is 13.3. The molecule has 0 spiro atoms. The number of halogens is 2. The van der Waals surface area contributed by atoms with E-state index in [9.17, 15) is 18.7 Å². The van der Waals surface area contributed by atoms with Crippen LogP contribution in [0.5, 0.6) is 0 Å². The monoisotopic (exact) mass is 351 g/mol. The average molecular weight is 351 g/mol. The van der Waals surface area contributed by atoms with Crippen molar-refractivity contribution in [3.05, 3.63) is 53.4 Å². The summed E-state index contributed by atoms with van der Waals surface area (Å²) in [5, 5.41) is 13.6. The van der Waals surface area contributed by atoms with Crippen molar-refractivity contribution in [1.29, 1.82) is 0 Å². The van der Waals surface area contributed by atoms with E-state index in [1.54, 1.807) is 13.0 Å². The Labute approximate surface area is 139 Å². The van der Waals surface area contributed by atoms with E-state index in [-0.39, 0.29) is 18.0 Å². The van der Waals surface area contributed by atoms with E-state index in [1.165, 1.54) is 12.1 Å². The lowest BCUT2D eigenvalue weighted by molar-refractivity contribution is 0.200.